The fourth-order valence-corrected chi connectivity index (χ4v) is 3.14. The van der Waals surface area contributed by atoms with Crippen LogP contribution in [-0.2, 0) is 17.7 Å². The summed E-state index contributed by atoms with van der Waals surface area (Å²) in [6.07, 6.45) is 1.88. The van der Waals surface area contributed by atoms with Crippen LogP contribution in [-0.4, -0.2) is 16.4 Å². The minimum Gasteiger partial charge on any atom is -0.373 e. The van der Waals surface area contributed by atoms with E-state index in [2.05, 4.69) is 42.4 Å². The molecule has 2 heterocycles. The van der Waals surface area contributed by atoms with E-state index in [1.54, 1.807) is 0 Å². The van der Waals surface area contributed by atoms with Gasteiger partial charge in [-0.3, -0.25) is 4.68 Å². The van der Waals surface area contributed by atoms with Crippen molar-refractivity contribution < 1.29 is 4.74 Å². The highest BCUT2D eigenvalue weighted by atomic mass is 16.5. The van der Waals surface area contributed by atoms with Crippen molar-refractivity contribution in [3.63, 3.8) is 0 Å². The number of aryl methyl sites for hydroxylation is 2. The molecule has 1 aliphatic heterocycles. The van der Waals surface area contributed by atoms with Gasteiger partial charge in [-0.05, 0) is 43.9 Å². The fourth-order valence-electron chi connectivity index (χ4n) is 3.14. The van der Waals surface area contributed by atoms with Gasteiger partial charge in [0.25, 0.3) is 0 Å². The Morgan fingerprint density at radius 1 is 1.43 bits per heavy atom. The van der Waals surface area contributed by atoms with Crippen LogP contribution in [0.5, 0.6) is 0 Å². The van der Waals surface area contributed by atoms with Crippen LogP contribution in [0, 0.1) is 6.92 Å². The minimum absolute atomic E-state index is 0.0534. The minimum atomic E-state index is -0.0534. The Morgan fingerprint density at radius 3 is 3.05 bits per heavy atom. The van der Waals surface area contributed by atoms with Gasteiger partial charge in [-0.15, -0.1) is 0 Å². The maximum atomic E-state index is 6.43. The number of hydrogen-bond donors (Lipinski definition) is 1. The molecule has 0 saturated heterocycles. The first-order valence-electron chi connectivity index (χ1n) is 7.68. The summed E-state index contributed by atoms with van der Waals surface area (Å²) < 4.78 is 7.96. The molecule has 0 spiro atoms. The largest absolute Gasteiger partial charge is 0.373 e. The molecular weight excluding hydrogens is 262 g/mol. The standard InChI is InChI=1S/C17H23N3O/c1-3-20-16(10-12(2)19-20)15(18)11-17-14-7-5-4-6-13(14)8-9-21-17/h4-7,10,15,17H,3,8-9,11,18H2,1-2H3. The Kier molecular flexibility index (Phi) is 4.08. The van der Waals surface area contributed by atoms with Crippen LogP contribution in [0.25, 0.3) is 0 Å². The van der Waals surface area contributed by atoms with Crippen molar-refractivity contribution in [2.45, 2.75) is 45.4 Å². The lowest BCUT2D eigenvalue weighted by Gasteiger charge is -2.28. The molecule has 0 aliphatic carbocycles. The van der Waals surface area contributed by atoms with Crippen molar-refractivity contribution in [2.75, 3.05) is 6.61 Å². The number of fused-ring (bicyclic) bond motifs is 1. The van der Waals surface area contributed by atoms with Crippen molar-refractivity contribution in [2.24, 2.45) is 5.73 Å². The third-order valence-corrected chi connectivity index (χ3v) is 4.17. The molecule has 112 valence electrons. The van der Waals surface area contributed by atoms with Crippen LogP contribution in [0.2, 0.25) is 0 Å². The summed E-state index contributed by atoms with van der Waals surface area (Å²) in [4.78, 5) is 0. The first kappa shape index (κ1) is 14.3. The van der Waals surface area contributed by atoms with Crippen LogP contribution in [0.1, 0.15) is 48.0 Å². The SMILES string of the molecule is CCn1nc(C)cc1C(N)CC1OCCc2ccccc21. The molecule has 3 rings (SSSR count). The van der Waals surface area contributed by atoms with E-state index in [4.69, 9.17) is 10.5 Å². The van der Waals surface area contributed by atoms with Crippen LogP contribution in [0.4, 0.5) is 0 Å². The number of nitrogens with zero attached hydrogens (tertiary/aromatic N) is 2. The number of hydrogen-bond acceptors (Lipinski definition) is 3. The first-order chi connectivity index (χ1) is 10.2. The Balaban J connectivity index is 1.81. The van der Waals surface area contributed by atoms with Gasteiger partial charge in [0.15, 0.2) is 0 Å². The van der Waals surface area contributed by atoms with E-state index < -0.39 is 0 Å². The third-order valence-electron chi connectivity index (χ3n) is 4.17. The molecular formula is C17H23N3O. The van der Waals surface area contributed by atoms with E-state index in [0.717, 1.165) is 37.4 Å². The lowest BCUT2D eigenvalue weighted by atomic mass is 9.93. The van der Waals surface area contributed by atoms with Gasteiger partial charge >= 0.3 is 0 Å². The summed E-state index contributed by atoms with van der Waals surface area (Å²) in [5.41, 5.74) is 11.2. The summed E-state index contributed by atoms with van der Waals surface area (Å²) in [6.45, 7) is 5.73. The lowest BCUT2D eigenvalue weighted by Crippen LogP contribution is -2.23. The average molecular weight is 285 g/mol. The van der Waals surface area contributed by atoms with Crippen LogP contribution in [0.15, 0.2) is 30.3 Å². The summed E-state index contributed by atoms with van der Waals surface area (Å²) in [5.74, 6) is 0. The monoisotopic (exact) mass is 285 g/mol. The van der Waals surface area contributed by atoms with Gasteiger partial charge < -0.3 is 10.5 Å². The summed E-state index contributed by atoms with van der Waals surface area (Å²) >= 11 is 0. The number of benzene rings is 1. The fraction of sp³-hybridized carbons (Fsp3) is 0.471. The van der Waals surface area contributed by atoms with E-state index in [-0.39, 0.29) is 12.1 Å². The molecule has 2 N–H and O–H groups in total. The highest BCUT2D eigenvalue weighted by Gasteiger charge is 2.24. The molecule has 4 heteroatoms. The van der Waals surface area contributed by atoms with Crippen molar-refractivity contribution >= 4 is 0 Å². The Bertz CT molecular complexity index is 620. The molecule has 2 aromatic rings. The van der Waals surface area contributed by atoms with Gasteiger partial charge in [0.05, 0.1) is 24.1 Å². The molecule has 0 fully saturated rings. The molecule has 0 amide bonds. The molecule has 1 aliphatic rings. The van der Waals surface area contributed by atoms with Gasteiger partial charge in [-0.25, -0.2) is 0 Å². The summed E-state index contributed by atoms with van der Waals surface area (Å²) in [5, 5.41) is 4.48. The topological polar surface area (TPSA) is 53.1 Å². The predicted octanol–water partition coefficient (Wildman–Crippen LogP) is 2.92. The van der Waals surface area contributed by atoms with Gasteiger partial charge in [0.1, 0.15) is 0 Å². The number of ether oxygens (including phenoxy) is 1. The predicted molar refractivity (Wildman–Crippen MR) is 83.0 cm³/mol. The summed E-state index contributed by atoms with van der Waals surface area (Å²) in [7, 11) is 0. The van der Waals surface area contributed by atoms with Gasteiger partial charge in [0, 0.05) is 12.6 Å². The number of rotatable bonds is 4. The number of aromatic nitrogens is 2. The zero-order valence-corrected chi connectivity index (χ0v) is 12.7. The molecule has 0 bridgehead atoms. The molecule has 2 unspecified atom stereocenters. The number of nitrogens with two attached hydrogens (primary N) is 1. The first-order valence-corrected chi connectivity index (χ1v) is 7.68. The zero-order chi connectivity index (χ0) is 14.8. The summed E-state index contributed by atoms with van der Waals surface area (Å²) in [6, 6.07) is 10.6. The smallest absolute Gasteiger partial charge is 0.0846 e. The lowest BCUT2D eigenvalue weighted by molar-refractivity contribution is 0.0314. The van der Waals surface area contributed by atoms with Gasteiger partial charge in [0.2, 0.25) is 0 Å². The quantitative estimate of drug-likeness (QED) is 0.939. The van der Waals surface area contributed by atoms with Gasteiger partial charge in [-0.2, -0.15) is 5.10 Å². The maximum Gasteiger partial charge on any atom is 0.0846 e. The van der Waals surface area contributed by atoms with Crippen LogP contribution in [0.3, 0.4) is 0 Å². The van der Waals surface area contributed by atoms with Crippen molar-refractivity contribution in [1.29, 1.82) is 0 Å². The molecule has 1 aromatic heterocycles. The maximum absolute atomic E-state index is 6.43. The molecule has 4 nitrogen and oxygen atoms in total. The molecule has 21 heavy (non-hydrogen) atoms. The second kappa shape index (κ2) is 6.00. The van der Waals surface area contributed by atoms with Crippen molar-refractivity contribution in [1.82, 2.24) is 9.78 Å². The van der Waals surface area contributed by atoms with E-state index in [1.165, 1.54) is 11.1 Å². The van der Waals surface area contributed by atoms with Crippen molar-refractivity contribution in [3.05, 3.63) is 52.8 Å². The second-order valence-corrected chi connectivity index (χ2v) is 5.68. The molecule has 0 saturated carbocycles. The average Bonchev–Trinajstić information content (AvgIpc) is 2.89. The van der Waals surface area contributed by atoms with E-state index in [0.29, 0.717) is 0 Å². The van der Waals surface area contributed by atoms with Crippen LogP contribution < -0.4 is 5.73 Å². The Morgan fingerprint density at radius 2 is 2.24 bits per heavy atom. The highest BCUT2D eigenvalue weighted by molar-refractivity contribution is 5.31. The van der Waals surface area contributed by atoms with Crippen molar-refractivity contribution in [3.8, 4) is 0 Å². The van der Waals surface area contributed by atoms with E-state index >= 15 is 0 Å². The molecule has 1 aromatic carbocycles. The molecule has 0 radical (unpaired) electrons. The Labute approximate surface area is 125 Å². The normalized spacial score (nSPS) is 19.3. The highest BCUT2D eigenvalue weighted by Crippen LogP contribution is 2.33. The zero-order valence-electron chi connectivity index (χ0n) is 12.7. The van der Waals surface area contributed by atoms with Crippen LogP contribution >= 0.6 is 0 Å². The van der Waals surface area contributed by atoms with E-state index in [9.17, 15) is 0 Å². The molecule has 2 atom stereocenters. The van der Waals surface area contributed by atoms with E-state index in [1.807, 2.05) is 11.6 Å². The Hall–Kier alpha value is -1.65. The van der Waals surface area contributed by atoms with Gasteiger partial charge in [-0.1, -0.05) is 24.3 Å². The third kappa shape index (κ3) is 2.87. The second-order valence-electron chi connectivity index (χ2n) is 5.68.